The molecule has 2 aliphatic carbocycles. The monoisotopic (exact) mass is 249 g/mol. The fourth-order valence-corrected chi connectivity index (χ4v) is 4.48. The van der Waals surface area contributed by atoms with Gasteiger partial charge in [-0.1, -0.05) is 19.3 Å². The van der Waals surface area contributed by atoms with Gasteiger partial charge in [0.25, 0.3) is 0 Å². The molecule has 0 N–H and O–H groups in total. The van der Waals surface area contributed by atoms with Crippen molar-refractivity contribution in [2.45, 2.75) is 70.3 Å². The summed E-state index contributed by atoms with van der Waals surface area (Å²) in [6.45, 7) is 2.54. The Labute approximate surface area is 111 Å². The molecule has 1 saturated heterocycles. The van der Waals surface area contributed by atoms with E-state index in [2.05, 4.69) is 4.90 Å². The average molecular weight is 249 g/mol. The van der Waals surface area contributed by atoms with Crippen LogP contribution in [0, 0.1) is 11.8 Å². The third-order valence-electron chi connectivity index (χ3n) is 5.45. The molecule has 0 amide bonds. The first kappa shape index (κ1) is 12.7. The van der Waals surface area contributed by atoms with Crippen LogP contribution in [0.15, 0.2) is 0 Å². The van der Waals surface area contributed by atoms with Gasteiger partial charge in [-0.2, -0.15) is 0 Å². The third kappa shape index (κ3) is 2.64. The molecule has 0 aromatic rings. The lowest BCUT2D eigenvalue weighted by atomic mass is 9.81. The summed E-state index contributed by atoms with van der Waals surface area (Å²) >= 11 is 0. The molecule has 1 heterocycles. The zero-order valence-electron chi connectivity index (χ0n) is 11.6. The summed E-state index contributed by atoms with van der Waals surface area (Å²) in [5, 5.41) is 0. The van der Waals surface area contributed by atoms with E-state index >= 15 is 0 Å². The minimum Gasteiger partial charge on any atom is -0.299 e. The van der Waals surface area contributed by atoms with E-state index in [0.717, 1.165) is 18.8 Å². The average Bonchev–Trinajstić information content (AvgIpc) is 3.02. The molecular weight excluding hydrogens is 222 g/mol. The number of rotatable bonds is 3. The van der Waals surface area contributed by atoms with Gasteiger partial charge in [0, 0.05) is 24.9 Å². The quantitative estimate of drug-likeness (QED) is 0.764. The van der Waals surface area contributed by atoms with E-state index in [4.69, 9.17) is 0 Å². The summed E-state index contributed by atoms with van der Waals surface area (Å²) < 4.78 is 0. The van der Waals surface area contributed by atoms with Gasteiger partial charge < -0.3 is 0 Å². The number of nitrogens with zero attached hydrogens (tertiary/aromatic N) is 1. The molecule has 102 valence electrons. The molecule has 3 aliphatic rings. The van der Waals surface area contributed by atoms with Crippen molar-refractivity contribution in [2.24, 2.45) is 11.8 Å². The van der Waals surface area contributed by atoms with Crippen LogP contribution < -0.4 is 0 Å². The van der Waals surface area contributed by atoms with Gasteiger partial charge in [-0.3, -0.25) is 9.69 Å². The maximum absolute atomic E-state index is 12.1. The Bertz CT molecular complexity index is 295. The Morgan fingerprint density at radius 2 is 1.72 bits per heavy atom. The molecule has 3 rings (SSSR count). The molecule has 0 radical (unpaired) electrons. The summed E-state index contributed by atoms with van der Waals surface area (Å²) in [6.07, 6.45) is 12.8. The summed E-state index contributed by atoms with van der Waals surface area (Å²) in [7, 11) is 0. The molecule has 2 nitrogen and oxygen atoms in total. The molecule has 2 heteroatoms. The van der Waals surface area contributed by atoms with Gasteiger partial charge in [0.05, 0.1) is 0 Å². The Morgan fingerprint density at radius 3 is 2.50 bits per heavy atom. The number of carbonyl (C=O) groups excluding carboxylic acids is 1. The minimum absolute atomic E-state index is 0.391. The van der Waals surface area contributed by atoms with Crippen molar-refractivity contribution in [3.05, 3.63) is 0 Å². The van der Waals surface area contributed by atoms with E-state index in [1.54, 1.807) is 0 Å². The van der Waals surface area contributed by atoms with E-state index < -0.39 is 0 Å². The highest BCUT2D eigenvalue weighted by Gasteiger charge is 2.37. The number of likely N-dealkylation sites (tertiary alicyclic amines) is 1. The summed E-state index contributed by atoms with van der Waals surface area (Å²) in [5.74, 6) is 1.90. The fraction of sp³-hybridized carbons (Fsp3) is 0.938. The predicted molar refractivity (Wildman–Crippen MR) is 73.5 cm³/mol. The molecule has 2 unspecified atom stereocenters. The van der Waals surface area contributed by atoms with Crippen LogP contribution in [0.5, 0.6) is 0 Å². The van der Waals surface area contributed by atoms with Crippen molar-refractivity contribution >= 4 is 5.78 Å². The summed E-state index contributed by atoms with van der Waals surface area (Å²) in [5.41, 5.74) is 0. The minimum atomic E-state index is 0.391. The Hall–Kier alpha value is -0.370. The van der Waals surface area contributed by atoms with Crippen LogP contribution in [-0.2, 0) is 4.79 Å². The Balaban J connectivity index is 1.60. The molecule has 3 fully saturated rings. The van der Waals surface area contributed by atoms with Gasteiger partial charge in [0.15, 0.2) is 0 Å². The van der Waals surface area contributed by atoms with Crippen molar-refractivity contribution in [1.29, 1.82) is 0 Å². The first-order chi connectivity index (χ1) is 8.84. The second kappa shape index (κ2) is 5.73. The van der Waals surface area contributed by atoms with Crippen LogP contribution in [0.1, 0.15) is 64.2 Å². The van der Waals surface area contributed by atoms with Crippen LogP contribution in [0.2, 0.25) is 0 Å². The molecule has 0 spiro atoms. The predicted octanol–water partition coefficient (Wildman–Crippen LogP) is 3.40. The molecule has 2 atom stereocenters. The number of hydrogen-bond donors (Lipinski definition) is 0. The van der Waals surface area contributed by atoms with Gasteiger partial charge >= 0.3 is 0 Å². The Kier molecular flexibility index (Phi) is 4.03. The van der Waals surface area contributed by atoms with Gasteiger partial charge in [-0.25, -0.2) is 0 Å². The SMILES string of the molecule is O=C1CCCCC1C1CCCN1CC1CCCC1. The molecule has 2 saturated carbocycles. The zero-order valence-corrected chi connectivity index (χ0v) is 11.6. The molecular formula is C16H27NO. The highest BCUT2D eigenvalue weighted by Crippen LogP contribution is 2.34. The second-order valence-electron chi connectivity index (χ2n) is 6.67. The Morgan fingerprint density at radius 1 is 0.944 bits per heavy atom. The number of ketones is 1. The number of carbonyl (C=O) groups is 1. The van der Waals surface area contributed by atoms with Crippen molar-refractivity contribution < 1.29 is 4.79 Å². The first-order valence-electron chi connectivity index (χ1n) is 8.11. The van der Waals surface area contributed by atoms with E-state index in [9.17, 15) is 4.79 Å². The topological polar surface area (TPSA) is 20.3 Å². The maximum atomic E-state index is 12.1. The highest BCUT2D eigenvalue weighted by molar-refractivity contribution is 5.82. The van der Waals surface area contributed by atoms with E-state index in [-0.39, 0.29) is 0 Å². The van der Waals surface area contributed by atoms with Gasteiger partial charge in [0.1, 0.15) is 5.78 Å². The number of hydrogen-bond acceptors (Lipinski definition) is 2. The molecule has 0 bridgehead atoms. The normalized spacial score (nSPS) is 35.4. The van der Waals surface area contributed by atoms with Crippen LogP contribution >= 0.6 is 0 Å². The van der Waals surface area contributed by atoms with Crippen molar-refractivity contribution in [1.82, 2.24) is 4.90 Å². The lowest BCUT2D eigenvalue weighted by Crippen LogP contribution is -2.42. The van der Waals surface area contributed by atoms with Gasteiger partial charge in [-0.05, 0) is 51.0 Å². The molecule has 0 aromatic heterocycles. The van der Waals surface area contributed by atoms with Crippen molar-refractivity contribution in [3.63, 3.8) is 0 Å². The van der Waals surface area contributed by atoms with E-state index in [1.807, 2.05) is 0 Å². The molecule has 1 aliphatic heterocycles. The molecule has 0 aromatic carbocycles. The zero-order chi connectivity index (χ0) is 12.4. The van der Waals surface area contributed by atoms with Crippen LogP contribution in [0.3, 0.4) is 0 Å². The standard InChI is InChI=1S/C16H27NO/c18-16-10-4-3-8-14(16)15-9-5-11-17(15)12-13-6-1-2-7-13/h13-15H,1-12H2. The lowest BCUT2D eigenvalue weighted by molar-refractivity contribution is -0.126. The second-order valence-corrected chi connectivity index (χ2v) is 6.67. The first-order valence-corrected chi connectivity index (χ1v) is 8.11. The van der Waals surface area contributed by atoms with Crippen LogP contribution in [0.25, 0.3) is 0 Å². The van der Waals surface area contributed by atoms with Crippen molar-refractivity contribution in [3.8, 4) is 0 Å². The van der Waals surface area contributed by atoms with E-state index in [0.29, 0.717) is 17.7 Å². The van der Waals surface area contributed by atoms with Gasteiger partial charge in [0.2, 0.25) is 0 Å². The maximum Gasteiger partial charge on any atom is 0.137 e. The summed E-state index contributed by atoms with van der Waals surface area (Å²) in [4.78, 5) is 14.8. The summed E-state index contributed by atoms with van der Waals surface area (Å²) in [6, 6.07) is 0.610. The number of Topliss-reactive ketones (excluding diaryl/α,β-unsaturated/α-hetero) is 1. The largest absolute Gasteiger partial charge is 0.299 e. The van der Waals surface area contributed by atoms with Crippen LogP contribution in [-0.4, -0.2) is 29.8 Å². The highest BCUT2D eigenvalue weighted by atomic mass is 16.1. The van der Waals surface area contributed by atoms with Crippen LogP contribution in [0.4, 0.5) is 0 Å². The van der Waals surface area contributed by atoms with Gasteiger partial charge in [-0.15, -0.1) is 0 Å². The van der Waals surface area contributed by atoms with E-state index in [1.165, 1.54) is 64.5 Å². The fourth-order valence-electron chi connectivity index (χ4n) is 4.48. The third-order valence-corrected chi connectivity index (χ3v) is 5.45. The van der Waals surface area contributed by atoms with Crippen molar-refractivity contribution in [2.75, 3.05) is 13.1 Å². The lowest BCUT2D eigenvalue weighted by Gasteiger charge is -2.34. The smallest absolute Gasteiger partial charge is 0.137 e. The molecule has 18 heavy (non-hydrogen) atoms.